The number of nitro groups is 1. The van der Waals surface area contributed by atoms with E-state index >= 15 is 0 Å². The summed E-state index contributed by atoms with van der Waals surface area (Å²) in [7, 11) is -1.60. The summed E-state index contributed by atoms with van der Waals surface area (Å²) in [5.74, 6) is 0.457. The molecule has 1 aliphatic carbocycles. The molecule has 1 N–H and O–H groups in total. The van der Waals surface area contributed by atoms with Gasteiger partial charge in [-0.05, 0) is 62.0 Å². The van der Waals surface area contributed by atoms with E-state index in [1.807, 2.05) is 13.0 Å². The molecule has 0 bridgehead atoms. The van der Waals surface area contributed by atoms with Crippen LogP contribution in [0.2, 0.25) is 0 Å². The van der Waals surface area contributed by atoms with Crippen LogP contribution in [0, 0.1) is 22.0 Å². The number of sulfone groups is 1. The molecule has 2 unspecified atom stereocenters. The van der Waals surface area contributed by atoms with Crippen molar-refractivity contribution in [3.05, 3.63) is 33.9 Å². The molecule has 1 heterocycles. The molecule has 2 atom stereocenters. The summed E-state index contributed by atoms with van der Waals surface area (Å²) in [5, 5.41) is 14.9. The zero-order chi connectivity index (χ0) is 21.2. The lowest BCUT2D eigenvalue weighted by Gasteiger charge is -2.29. The molecular weight excluding hydrogens is 396 g/mol. The number of hydrogen-bond donors (Lipinski definition) is 1. The normalized spacial score (nSPS) is 21.2. The zero-order valence-electron chi connectivity index (χ0n) is 16.8. The van der Waals surface area contributed by atoms with Crippen LogP contribution in [-0.2, 0) is 19.4 Å². The molecule has 0 aromatic heterocycles. The molecular formula is C20H28N2O6S. The number of nitrogens with zero attached hydrogens (tertiary/aromatic N) is 1. The number of carbonyl (C=O) groups is 1. The number of benzene rings is 1. The lowest BCUT2D eigenvalue weighted by Crippen LogP contribution is -2.33. The quantitative estimate of drug-likeness (QED) is 0.387. The summed E-state index contributed by atoms with van der Waals surface area (Å²) < 4.78 is 28.1. The Labute approximate surface area is 171 Å². The van der Waals surface area contributed by atoms with Crippen LogP contribution in [0.25, 0.3) is 0 Å². The van der Waals surface area contributed by atoms with Crippen LogP contribution < -0.4 is 5.32 Å². The molecule has 1 saturated carbocycles. The number of methoxy groups -OCH3 is 1. The van der Waals surface area contributed by atoms with Crippen molar-refractivity contribution < 1.29 is 22.9 Å². The SMILES string of the molecule is COC(=O)CC(c1ccc(NC(C)C2CCS(=O)(=O)CC2)c([N+](=O)[O-])c1)C1CC1. The Morgan fingerprint density at radius 1 is 1.24 bits per heavy atom. The van der Waals surface area contributed by atoms with Crippen molar-refractivity contribution in [2.75, 3.05) is 23.9 Å². The van der Waals surface area contributed by atoms with E-state index in [4.69, 9.17) is 4.74 Å². The highest BCUT2D eigenvalue weighted by Crippen LogP contribution is 2.46. The minimum atomic E-state index is -2.95. The number of nitrogens with one attached hydrogen (secondary N) is 1. The van der Waals surface area contributed by atoms with Crippen molar-refractivity contribution in [2.24, 2.45) is 11.8 Å². The molecule has 1 aromatic rings. The highest BCUT2D eigenvalue weighted by molar-refractivity contribution is 7.91. The van der Waals surface area contributed by atoms with Crippen LogP contribution in [0.3, 0.4) is 0 Å². The summed E-state index contributed by atoms with van der Waals surface area (Å²) in [6.07, 6.45) is 3.36. The van der Waals surface area contributed by atoms with E-state index in [2.05, 4.69) is 5.32 Å². The van der Waals surface area contributed by atoms with Crippen molar-refractivity contribution in [1.29, 1.82) is 0 Å². The van der Waals surface area contributed by atoms with E-state index < -0.39 is 14.8 Å². The van der Waals surface area contributed by atoms with Crippen LogP contribution in [0.4, 0.5) is 11.4 Å². The number of carbonyl (C=O) groups excluding carboxylic acids is 1. The second-order valence-corrected chi connectivity index (χ2v) is 10.5. The predicted molar refractivity (Wildman–Crippen MR) is 110 cm³/mol. The average Bonchev–Trinajstić information content (AvgIpc) is 3.51. The van der Waals surface area contributed by atoms with Crippen LogP contribution in [0.5, 0.6) is 0 Å². The van der Waals surface area contributed by atoms with Gasteiger partial charge in [-0.1, -0.05) is 6.07 Å². The van der Waals surface area contributed by atoms with Gasteiger partial charge in [0.05, 0.1) is 30.0 Å². The maximum atomic E-state index is 11.8. The van der Waals surface area contributed by atoms with Crippen molar-refractivity contribution in [1.82, 2.24) is 0 Å². The summed E-state index contributed by atoms with van der Waals surface area (Å²) in [6, 6.07) is 5.03. The van der Waals surface area contributed by atoms with Crippen molar-refractivity contribution >= 4 is 27.2 Å². The van der Waals surface area contributed by atoms with Crippen LogP contribution in [0.15, 0.2) is 18.2 Å². The van der Waals surface area contributed by atoms with E-state index in [1.165, 1.54) is 7.11 Å². The number of hydrogen-bond acceptors (Lipinski definition) is 7. The Balaban J connectivity index is 1.77. The first kappa shape index (κ1) is 21.5. The summed E-state index contributed by atoms with van der Waals surface area (Å²) >= 11 is 0. The minimum absolute atomic E-state index is 0.0201. The zero-order valence-corrected chi connectivity index (χ0v) is 17.6. The van der Waals surface area contributed by atoms with Gasteiger partial charge in [-0.25, -0.2) is 8.42 Å². The Morgan fingerprint density at radius 3 is 2.45 bits per heavy atom. The summed E-state index contributed by atoms with van der Waals surface area (Å²) in [4.78, 5) is 23.1. The fraction of sp³-hybridized carbons (Fsp3) is 0.650. The Hall–Kier alpha value is -2.16. The third-order valence-corrected chi connectivity index (χ3v) is 7.86. The number of anilines is 1. The van der Waals surface area contributed by atoms with Gasteiger partial charge < -0.3 is 10.1 Å². The van der Waals surface area contributed by atoms with Gasteiger partial charge in [0.1, 0.15) is 15.5 Å². The highest BCUT2D eigenvalue weighted by Gasteiger charge is 2.35. The molecule has 29 heavy (non-hydrogen) atoms. The maximum Gasteiger partial charge on any atom is 0.306 e. The standard InChI is InChI=1S/C20H28N2O6S/c1-13(14-7-9-29(26,27)10-8-14)21-18-6-5-16(11-19(18)22(24)25)17(15-3-4-15)12-20(23)28-2/h5-6,11,13-15,17,21H,3-4,7-10,12H2,1-2H3. The largest absolute Gasteiger partial charge is 0.469 e. The van der Waals surface area contributed by atoms with Gasteiger partial charge in [-0.3, -0.25) is 14.9 Å². The summed E-state index contributed by atoms with van der Waals surface area (Å²) in [5.41, 5.74) is 1.19. The Bertz CT molecular complexity index is 867. The smallest absolute Gasteiger partial charge is 0.306 e. The monoisotopic (exact) mass is 424 g/mol. The van der Waals surface area contributed by atoms with Gasteiger partial charge in [0, 0.05) is 12.1 Å². The molecule has 1 aromatic carbocycles. The molecule has 2 aliphatic rings. The number of nitro benzene ring substituents is 1. The number of rotatable bonds is 8. The van der Waals surface area contributed by atoms with Gasteiger partial charge in [0.2, 0.25) is 0 Å². The molecule has 0 spiro atoms. The first-order valence-electron chi connectivity index (χ1n) is 10.0. The molecule has 2 fully saturated rings. The minimum Gasteiger partial charge on any atom is -0.469 e. The van der Waals surface area contributed by atoms with Crippen molar-refractivity contribution in [3.63, 3.8) is 0 Å². The van der Waals surface area contributed by atoms with Crippen LogP contribution in [0.1, 0.15) is 50.5 Å². The Morgan fingerprint density at radius 2 is 1.90 bits per heavy atom. The van der Waals surface area contributed by atoms with Gasteiger partial charge >= 0.3 is 5.97 Å². The number of ether oxygens (including phenoxy) is 1. The first-order chi connectivity index (χ1) is 13.7. The molecule has 160 valence electrons. The average molecular weight is 425 g/mol. The van der Waals surface area contributed by atoms with E-state index in [0.29, 0.717) is 24.4 Å². The second-order valence-electron chi connectivity index (χ2n) is 8.18. The Kier molecular flexibility index (Phi) is 6.45. The second kappa shape index (κ2) is 8.69. The van der Waals surface area contributed by atoms with Gasteiger partial charge in [0.15, 0.2) is 0 Å². The third-order valence-electron chi connectivity index (χ3n) is 6.14. The van der Waals surface area contributed by atoms with Gasteiger partial charge in [-0.15, -0.1) is 0 Å². The van der Waals surface area contributed by atoms with Crippen molar-refractivity contribution in [2.45, 2.75) is 51.0 Å². The molecule has 0 amide bonds. The van der Waals surface area contributed by atoms with E-state index in [-0.39, 0.29) is 47.5 Å². The van der Waals surface area contributed by atoms with Gasteiger partial charge in [-0.2, -0.15) is 0 Å². The third kappa shape index (κ3) is 5.46. The van der Waals surface area contributed by atoms with Crippen LogP contribution >= 0.6 is 0 Å². The molecule has 0 radical (unpaired) electrons. The molecule has 9 heteroatoms. The number of esters is 1. The lowest BCUT2D eigenvalue weighted by atomic mass is 9.90. The lowest BCUT2D eigenvalue weighted by molar-refractivity contribution is -0.384. The highest BCUT2D eigenvalue weighted by atomic mass is 32.2. The molecule has 3 rings (SSSR count). The molecule has 8 nitrogen and oxygen atoms in total. The fourth-order valence-electron chi connectivity index (χ4n) is 4.14. The maximum absolute atomic E-state index is 11.8. The van der Waals surface area contributed by atoms with Gasteiger partial charge in [0.25, 0.3) is 5.69 Å². The van der Waals surface area contributed by atoms with E-state index in [9.17, 15) is 23.3 Å². The van der Waals surface area contributed by atoms with E-state index in [0.717, 1.165) is 18.4 Å². The van der Waals surface area contributed by atoms with E-state index in [1.54, 1.807) is 12.1 Å². The molecule has 1 saturated heterocycles. The fourth-order valence-corrected chi connectivity index (χ4v) is 5.67. The first-order valence-corrected chi connectivity index (χ1v) is 11.8. The van der Waals surface area contributed by atoms with Crippen molar-refractivity contribution in [3.8, 4) is 0 Å². The predicted octanol–water partition coefficient (Wildman–Crippen LogP) is 3.28. The summed E-state index contributed by atoms with van der Waals surface area (Å²) in [6.45, 7) is 1.94. The molecule has 1 aliphatic heterocycles. The topological polar surface area (TPSA) is 116 Å². The van der Waals surface area contributed by atoms with Crippen LogP contribution in [-0.4, -0.2) is 44.0 Å².